The van der Waals surface area contributed by atoms with Gasteiger partial charge in [-0.2, -0.15) is 0 Å². The highest BCUT2D eigenvalue weighted by molar-refractivity contribution is 5.91. The molecule has 4 aliphatic carbocycles. The predicted octanol–water partition coefficient (Wildman–Crippen LogP) is 3.24. The lowest BCUT2D eigenvalue weighted by Crippen LogP contribution is -2.57. The van der Waals surface area contributed by atoms with Gasteiger partial charge in [-0.05, 0) is 73.2 Å². The molecule has 0 radical (unpaired) electrons. The maximum absolute atomic E-state index is 12.8. The summed E-state index contributed by atoms with van der Waals surface area (Å²) in [6, 6.07) is 0. The first-order valence-corrected chi connectivity index (χ1v) is 10.7. The average Bonchev–Trinajstić information content (AvgIpc) is 2.96. The Kier molecular flexibility index (Phi) is 4.80. The molecule has 4 aliphatic rings. The van der Waals surface area contributed by atoms with E-state index in [-0.39, 0.29) is 40.8 Å². The summed E-state index contributed by atoms with van der Waals surface area (Å²) in [6.45, 7) is 5.58. The molecule has 0 amide bonds. The van der Waals surface area contributed by atoms with Crippen molar-refractivity contribution in [1.82, 2.24) is 0 Å². The molecule has 0 aromatic rings. The third-order valence-electron chi connectivity index (χ3n) is 8.70. The summed E-state index contributed by atoms with van der Waals surface area (Å²) in [5, 5.41) is 11.3. The molecule has 7 atom stereocenters. The lowest BCUT2D eigenvalue weighted by atomic mass is 9.46. The van der Waals surface area contributed by atoms with Gasteiger partial charge in [0.1, 0.15) is 6.61 Å². The highest BCUT2D eigenvalue weighted by atomic mass is 16.5. The standard InChI is InChI=1S/C23H32O5/c1-13(24)28-12-20(27)18-7-6-17-16-5-4-14-10-15(25)8-9-22(14,2)21(16)19(26)11-23(17,18)3/h10,16-19,21,26H,4-9,11-12H2,1-3H3/t16-,17+,18+,19-,21-,22-,23-/m0/s1. The van der Waals surface area contributed by atoms with Crippen LogP contribution in [0.1, 0.15) is 65.7 Å². The number of Topliss-reactive ketones (excluding diaryl/α,β-unsaturated/α-hetero) is 1. The van der Waals surface area contributed by atoms with Crippen LogP contribution in [0.3, 0.4) is 0 Å². The third kappa shape index (κ3) is 2.89. The number of esters is 1. The molecule has 5 nitrogen and oxygen atoms in total. The van der Waals surface area contributed by atoms with Crippen molar-refractivity contribution in [1.29, 1.82) is 0 Å². The highest BCUT2D eigenvalue weighted by Crippen LogP contribution is 2.66. The van der Waals surface area contributed by atoms with E-state index in [0.717, 1.165) is 32.1 Å². The van der Waals surface area contributed by atoms with Crippen molar-refractivity contribution >= 4 is 17.5 Å². The van der Waals surface area contributed by atoms with Gasteiger partial charge in [0.15, 0.2) is 11.6 Å². The van der Waals surface area contributed by atoms with E-state index in [0.29, 0.717) is 24.7 Å². The van der Waals surface area contributed by atoms with Crippen molar-refractivity contribution in [3.8, 4) is 0 Å². The third-order valence-corrected chi connectivity index (χ3v) is 8.70. The number of ether oxygens (including phenoxy) is 1. The summed E-state index contributed by atoms with van der Waals surface area (Å²) in [4.78, 5) is 35.9. The van der Waals surface area contributed by atoms with Gasteiger partial charge in [-0.3, -0.25) is 14.4 Å². The number of hydrogen-bond donors (Lipinski definition) is 1. The van der Waals surface area contributed by atoms with Crippen LogP contribution in [0, 0.1) is 34.5 Å². The molecule has 0 spiro atoms. The van der Waals surface area contributed by atoms with Crippen molar-refractivity contribution < 1.29 is 24.2 Å². The Balaban J connectivity index is 1.61. The van der Waals surface area contributed by atoms with Crippen LogP contribution in [0.2, 0.25) is 0 Å². The Morgan fingerprint density at radius 3 is 2.68 bits per heavy atom. The molecule has 0 aliphatic heterocycles. The molecule has 4 rings (SSSR count). The quantitative estimate of drug-likeness (QED) is 0.751. The average molecular weight is 389 g/mol. The number of aliphatic hydroxyl groups excluding tert-OH is 1. The maximum Gasteiger partial charge on any atom is 0.303 e. The van der Waals surface area contributed by atoms with Gasteiger partial charge in [0.2, 0.25) is 0 Å². The maximum atomic E-state index is 12.8. The number of fused-ring (bicyclic) bond motifs is 5. The van der Waals surface area contributed by atoms with Gasteiger partial charge in [0.25, 0.3) is 0 Å². The van der Waals surface area contributed by atoms with Crippen LogP contribution in [0.4, 0.5) is 0 Å². The van der Waals surface area contributed by atoms with E-state index in [1.165, 1.54) is 12.5 Å². The first kappa shape index (κ1) is 19.8. The number of ketones is 2. The minimum absolute atomic E-state index is 0.00304. The van der Waals surface area contributed by atoms with Crippen LogP contribution < -0.4 is 0 Å². The first-order valence-electron chi connectivity index (χ1n) is 10.7. The summed E-state index contributed by atoms with van der Waals surface area (Å²) in [5.41, 5.74) is 0.894. The Morgan fingerprint density at radius 1 is 1.21 bits per heavy atom. The van der Waals surface area contributed by atoms with E-state index in [2.05, 4.69) is 13.8 Å². The second-order valence-corrected chi connectivity index (χ2v) is 10.0. The minimum atomic E-state index is -0.463. The molecular formula is C23H32O5. The monoisotopic (exact) mass is 388 g/mol. The van der Waals surface area contributed by atoms with E-state index < -0.39 is 12.1 Å². The summed E-state index contributed by atoms with van der Waals surface area (Å²) < 4.78 is 4.98. The summed E-state index contributed by atoms with van der Waals surface area (Å²) in [6.07, 6.45) is 7.12. The van der Waals surface area contributed by atoms with E-state index in [1.807, 2.05) is 6.08 Å². The zero-order valence-corrected chi connectivity index (χ0v) is 17.2. The van der Waals surface area contributed by atoms with Crippen LogP contribution in [0.15, 0.2) is 11.6 Å². The van der Waals surface area contributed by atoms with Crippen LogP contribution in [0.5, 0.6) is 0 Å². The molecule has 0 unspecified atom stereocenters. The van der Waals surface area contributed by atoms with Crippen molar-refractivity contribution in [2.24, 2.45) is 34.5 Å². The molecule has 154 valence electrons. The smallest absolute Gasteiger partial charge is 0.303 e. The molecular weight excluding hydrogens is 356 g/mol. The van der Waals surface area contributed by atoms with Crippen molar-refractivity contribution in [3.05, 3.63) is 11.6 Å². The Bertz CT molecular complexity index is 739. The molecule has 0 heterocycles. The fourth-order valence-corrected chi connectivity index (χ4v) is 7.49. The molecule has 28 heavy (non-hydrogen) atoms. The SMILES string of the molecule is CC(=O)OCC(=O)[C@H]1CC[C@@H]2[C@@H]3CCC4=CC(=O)CC[C@]4(C)[C@@H]3[C@@H](O)C[C@]12C. The Morgan fingerprint density at radius 2 is 1.96 bits per heavy atom. The van der Waals surface area contributed by atoms with Crippen molar-refractivity contribution in [2.75, 3.05) is 6.61 Å². The number of carbonyl (C=O) groups is 3. The molecule has 5 heteroatoms. The van der Waals surface area contributed by atoms with Gasteiger partial charge in [-0.25, -0.2) is 0 Å². The molecule has 3 saturated carbocycles. The van der Waals surface area contributed by atoms with Gasteiger partial charge in [0.05, 0.1) is 6.10 Å². The minimum Gasteiger partial charge on any atom is -0.458 e. The second-order valence-electron chi connectivity index (χ2n) is 10.0. The van der Waals surface area contributed by atoms with E-state index in [1.54, 1.807) is 0 Å². The van der Waals surface area contributed by atoms with Gasteiger partial charge >= 0.3 is 5.97 Å². The van der Waals surface area contributed by atoms with E-state index in [4.69, 9.17) is 4.74 Å². The fraction of sp³-hybridized carbons (Fsp3) is 0.783. The van der Waals surface area contributed by atoms with E-state index in [9.17, 15) is 19.5 Å². The normalized spacial score (nSPS) is 44.8. The highest BCUT2D eigenvalue weighted by Gasteiger charge is 2.62. The molecule has 0 bridgehead atoms. The van der Waals surface area contributed by atoms with Gasteiger partial charge in [-0.1, -0.05) is 19.4 Å². The van der Waals surface area contributed by atoms with Gasteiger partial charge in [-0.15, -0.1) is 0 Å². The van der Waals surface area contributed by atoms with Crippen molar-refractivity contribution in [2.45, 2.75) is 71.8 Å². The molecule has 0 aromatic carbocycles. The van der Waals surface area contributed by atoms with Crippen molar-refractivity contribution in [3.63, 3.8) is 0 Å². The zero-order chi connectivity index (χ0) is 20.3. The van der Waals surface area contributed by atoms with Gasteiger partial charge < -0.3 is 9.84 Å². The number of aliphatic hydroxyl groups is 1. The topological polar surface area (TPSA) is 80.7 Å². The van der Waals surface area contributed by atoms with Crippen LogP contribution in [-0.4, -0.2) is 35.4 Å². The predicted molar refractivity (Wildman–Crippen MR) is 103 cm³/mol. The van der Waals surface area contributed by atoms with Gasteiger partial charge in [0, 0.05) is 19.3 Å². The summed E-state index contributed by atoms with van der Waals surface area (Å²) >= 11 is 0. The molecule has 3 fully saturated rings. The number of carbonyl (C=O) groups excluding carboxylic acids is 3. The zero-order valence-electron chi connectivity index (χ0n) is 17.2. The largest absolute Gasteiger partial charge is 0.458 e. The first-order chi connectivity index (χ1) is 13.2. The van der Waals surface area contributed by atoms with Crippen LogP contribution in [-0.2, 0) is 19.1 Å². The molecule has 0 aromatic heterocycles. The van der Waals surface area contributed by atoms with Crippen LogP contribution in [0.25, 0.3) is 0 Å². The number of hydrogen-bond acceptors (Lipinski definition) is 5. The molecule has 1 N–H and O–H groups in total. The fourth-order valence-electron chi connectivity index (χ4n) is 7.49. The van der Waals surface area contributed by atoms with Crippen LogP contribution >= 0.6 is 0 Å². The Hall–Kier alpha value is -1.49. The lowest BCUT2D eigenvalue weighted by molar-refractivity contribution is -0.154. The summed E-state index contributed by atoms with van der Waals surface area (Å²) in [7, 11) is 0. The summed E-state index contributed by atoms with van der Waals surface area (Å²) in [5.74, 6) is 0.600. The van der Waals surface area contributed by atoms with E-state index >= 15 is 0 Å². The lowest BCUT2D eigenvalue weighted by Gasteiger charge is -2.59. The Labute approximate surface area is 166 Å². The number of rotatable bonds is 3. The number of allylic oxidation sites excluding steroid dienone is 1. The molecule has 0 saturated heterocycles. The second kappa shape index (κ2) is 6.79.